The minimum atomic E-state index is -0.570. The minimum Gasteiger partial charge on any atom is -0.338 e. The van der Waals surface area contributed by atoms with Crippen LogP contribution in [-0.2, 0) is 11.2 Å². The Balaban J connectivity index is 1.62. The van der Waals surface area contributed by atoms with Crippen LogP contribution in [0.1, 0.15) is 18.1 Å². The minimum absolute atomic E-state index is 0.322. The van der Waals surface area contributed by atoms with Crippen molar-refractivity contribution in [2.75, 3.05) is 16.8 Å². The first kappa shape index (κ1) is 19.7. The van der Waals surface area contributed by atoms with Crippen LogP contribution in [0, 0.1) is 6.92 Å². The van der Waals surface area contributed by atoms with Gasteiger partial charge in [0.15, 0.2) is 0 Å². The molecule has 1 unspecified atom stereocenters. The summed E-state index contributed by atoms with van der Waals surface area (Å²) in [7, 11) is 0. The lowest BCUT2D eigenvalue weighted by molar-refractivity contribution is -0.117. The van der Waals surface area contributed by atoms with Crippen LogP contribution in [-0.4, -0.2) is 30.6 Å². The summed E-state index contributed by atoms with van der Waals surface area (Å²) in [4.78, 5) is 37.6. The molecule has 3 N–H and O–H groups in total. The van der Waals surface area contributed by atoms with E-state index in [1.54, 1.807) is 32.0 Å². The highest BCUT2D eigenvalue weighted by atomic mass is 35.5. The molecule has 1 atom stereocenters. The molecular weight excluding hydrogens is 380 g/mol. The molecule has 2 aromatic rings. The average Bonchev–Trinajstić information content (AvgIpc) is 2.91. The summed E-state index contributed by atoms with van der Waals surface area (Å²) in [5.41, 5.74) is 2.68. The molecule has 0 aromatic heterocycles. The molecule has 1 fully saturated rings. The Morgan fingerprint density at radius 1 is 1.18 bits per heavy atom. The van der Waals surface area contributed by atoms with Crippen molar-refractivity contribution in [3.63, 3.8) is 0 Å². The lowest BCUT2D eigenvalue weighted by atomic mass is 10.1. The number of halogens is 1. The van der Waals surface area contributed by atoms with E-state index in [4.69, 9.17) is 11.6 Å². The summed E-state index contributed by atoms with van der Waals surface area (Å²) in [6, 6.07) is 11.1. The third-order valence-electron chi connectivity index (χ3n) is 4.54. The summed E-state index contributed by atoms with van der Waals surface area (Å²) in [5, 5.41) is 8.81. The van der Waals surface area contributed by atoms with Crippen molar-refractivity contribution in [1.82, 2.24) is 10.6 Å². The maximum absolute atomic E-state index is 12.2. The Labute approximate surface area is 168 Å². The number of carbonyl (C=O) groups is 3. The molecule has 0 aliphatic carbocycles. The molecule has 5 amide bonds. The van der Waals surface area contributed by atoms with Crippen molar-refractivity contribution < 1.29 is 14.4 Å². The molecule has 1 saturated heterocycles. The molecule has 1 aliphatic heterocycles. The van der Waals surface area contributed by atoms with Gasteiger partial charge in [0.2, 0.25) is 0 Å². The number of imide groups is 1. The summed E-state index contributed by atoms with van der Waals surface area (Å²) in [5.74, 6) is -0.322. The molecule has 2 aromatic carbocycles. The SMILES string of the molecule is Cc1c(NC(=O)NCCc2ccc(Cl)cc2)cccc1N1C(=O)NC(C)C1=O. The van der Waals surface area contributed by atoms with Crippen LogP contribution in [0.2, 0.25) is 5.02 Å². The second-order valence-corrected chi connectivity index (χ2v) is 6.99. The highest BCUT2D eigenvalue weighted by Crippen LogP contribution is 2.29. The molecule has 0 radical (unpaired) electrons. The summed E-state index contributed by atoms with van der Waals surface area (Å²) in [6.07, 6.45) is 0.671. The van der Waals surface area contributed by atoms with Crippen LogP contribution >= 0.6 is 11.6 Å². The molecule has 0 saturated carbocycles. The van der Waals surface area contributed by atoms with Crippen LogP contribution in [0.5, 0.6) is 0 Å². The first-order valence-electron chi connectivity index (χ1n) is 8.90. The number of benzene rings is 2. The van der Waals surface area contributed by atoms with Crippen molar-refractivity contribution in [2.24, 2.45) is 0 Å². The Morgan fingerprint density at radius 2 is 1.89 bits per heavy atom. The third-order valence-corrected chi connectivity index (χ3v) is 4.79. The van der Waals surface area contributed by atoms with E-state index in [0.29, 0.717) is 34.9 Å². The number of nitrogens with one attached hydrogen (secondary N) is 3. The molecule has 1 aliphatic rings. The number of amides is 5. The van der Waals surface area contributed by atoms with Gasteiger partial charge in [0, 0.05) is 17.3 Å². The lowest BCUT2D eigenvalue weighted by Gasteiger charge is -2.18. The van der Waals surface area contributed by atoms with E-state index in [0.717, 1.165) is 10.5 Å². The van der Waals surface area contributed by atoms with Gasteiger partial charge in [-0.3, -0.25) is 4.79 Å². The largest absolute Gasteiger partial charge is 0.338 e. The van der Waals surface area contributed by atoms with E-state index in [9.17, 15) is 14.4 Å². The van der Waals surface area contributed by atoms with E-state index in [-0.39, 0.29) is 11.9 Å². The molecule has 28 heavy (non-hydrogen) atoms. The third kappa shape index (κ3) is 4.26. The Hall–Kier alpha value is -3.06. The van der Waals surface area contributed by atoms with Crippen LogP contribution in [0.25, 0.3) is 0 Å². The van der Waals surface area contributed by atoms with Crippen LogP contribution in [0.3, 0.4) is 0 Å². The monoisotopic (exact) mass is 400 g/mol. The van der Waals surface area contributed by atoms with Crippen molar-refractivity contribution in [2.45, 2.75) is 26.3 Å². The number of nitrogens with zero attached hydrogens (tertiary/aromatic N) is 1. The molecule has 1 heterocycles. The van der Waals surface area contributed by atoms with Crippen molar-refractivity contribution in [3.8, 4) is 0 Å². The van der Waals surface area contributed by atoms with E-state index in [1.165, 1.54) is 0 Å². The Morgan fingerprint density at radius 3 is 2.54 bits per heavy atom. The fraction of sp³-hybridized carbons (Fsp3) is 0.250. The first-order chi connectivity index (χ1) is 13.4. The molecule has 8 heteroatoms. The van der Waals surface area contributed by atoms with E-state index >= 15 is 0 Å². The number of rotatable bonds is 5. The topological polar surface area (TPSA) is 90.5 Å². The maximum Gasteiger partial charge on any atom is 0.329 e. The van der Waals surface area contributed by atoms with Crippen molar-refractivity contribution in [1.29, 1.82) is 0 Å². The number of anilines is 2. The van der Waals surface area contributed by atoms with Crippen molar-refractivity contribution >= 4 is 40.9 Å². The molecule has 0 spiro atoms. The number of hydrogen-bond acceptors (Lipinski definition) is 3. The molecule has 7 nitrogen and oxygen atoms in total. The zero-order valence-corrected chi connectivity index (χ0v) is 16.3. The van der Waals surface area contributed by atoms with Gasteiger partial charge in [-0.05, 0) is 55.7 Å². The summed E-state index contributed by atoms with van der Waals surface area (Å²) in [6.45, 7) is 3.84. The summed E-state index contributed by atoms with van der Waals surface area (Å²) < 4.78 is 0. The normalized spacial score (nSPS) is 16.1. The number of hydrogen-bond donors (Lipinski definition) is 3. The fourth-order valence-electron chi connectivity index (χ4n) is 2.97. The molecular formula is C20H21ClN4O3. The number of carbonyl (C=O) groups excluding carboxylic acids is 3. The zero-order chi connectivity index (χ0) is 20.3. The Bertz CT molecular complexity index is 914. The van der Waals surface area contributed by atoms with Crippen LogP contribution in [0.4, 0.5) is 21.0 Å². The van der Waals surface area contributed by atoms with Gasteiger partial charge in [-0.1, -0.05) is 29.8 Å². The van der Waals surface area contributed by atoms with Crippen LogP contribution < -0.4 is 20.9 Å². The molecule has 146 valence electrons. The predicted octanol–water partition coefficient (Wildman–Crippen LogP) is 3.46. The maximum atomic E-state index is 12.2. The average molecular weight is 401 g/mol. The van der Waals surface area contributed by atoms with Gasteiger partial charge in [0.05, 0.1) is 5.69 Å². The standard InChI is InChI=1S/C20H21ClN4O3/c1-12-16(4-3-5-17(12)25-18(26)13(2)23-20(25)28)24-19(27)22-11-10-14-6-8-15(21)9-7-14/h3-9,13H,10-11H2,1-2H3,(H,23,28)(H2,22,24,27). The van der Waals surface area contributed by atoms with E-state index in [2.05, 4.69) is 16.0 Å². The van der Waals surface area contributed by atoms with Crippen molar-refractivity contribution in [3.05, 3.63) is 58.6 Å². The lowest BCUT2D eigenvalue weighted by Crippen LogP contribution is -2.33. The summed E-state index contributed by atoms with van der Waals surface area (Å²) >= 11 is 5.86. The van der Waals surface area contributed by atoms with E-state index < -0.39 is 12.1 Å². The quantitative estimate of drug-likeness (QED) is 0.671. The number of urea groups is 2. The predicted molar refractivity (Wildman–Crippen MR) is 109 cm³/mol. The molecule has 3 rings (SSSR count). The second-order valence-electron chi connectivity index (χ2n) is 6.55. The van der Waals surface area contributed by atoms with Gasteiger partial charge in [-0.15, -0.1) is 0 Å². The van der Waals surface area contributed by atoms with Gasteiger partial charge in [-0.2, -0.15) is 0 Å². The van der Waals surface area contributed by atoms with Gasteiger partial charge in [0.1, 0.15) is 6.04 Å². The second kappa shape index (κ2) is 8.31. The van der Waals surface area contributed by atoms with Gasteiger partial charge >= 0.3 is 12.1 Å². The smallest absolute Gasteiger partial charge is 0.329 e. The highest BCUT2D eigenvalue weighted by molar-refractivity contribution is 6.30. The fourth-order valence-corrected chi connectivity index (χ4v) is 3.10. The first-order valence-corrected chi connectivity index (χ1v) is 9.28. The highest BCUT2D eigenvalue weighted by Gasteiger charge is 2.37. The zero-order valence-electron chi connectivity index (χ0n) is 15.6. The van der Waals surface area contributed by atoms with Gasteiger partial charge < -0.3 is 16.0 Å². The van der Waals surface area contributed by atoms with Gasteiger partial charge in [0.25, 0.3) is 5.91 Å². The van der Waals surface area contributed by atoms with E-state index in [1.807, 2.05) is 24.3 Å². The molecule has 0 bridgehead atoms. The van der Waals surface area contributed by atoms with Gasteiger partial charge in [-0.25, -0.2) is 14.5 Å². The Kier molecular flexibility index (Phi) is 5.84. The van der Waals surface area contributed by atoms with Crippen LogP contribution in [0.15, 0.2) is 42.5 Å².